The van der Waals surface area contributed by atoms with Crippen molar-refractivity contribution in [2.75, 3.05) is 13.2 Å². The molecule has 3 atom stereocenters. The van der Waals surface area contributed by atoms with Crippen molar-refractivity contribution in [3.8, 4) is 11.1 Å². The Hall–Kier alpha value is -3.49. The van der Waals surface area contributed by atoms with E-state index in [0.717, 1.165) is 22.3 Å². The minimum Gasteiger partial charge on any atom is -0.481 e. The number of hydrogen-bond donors (Lipinski definition) is 3. The Morgan fingerprint density at radius 1 is 1.06 bits per heavy atom. The van der Waals surface area contributed by atoms with E-state index in [4.69, 9.17) is 9.84 Å². The number of rotatable bonds is 9. The first kappa shape index (κ1) is 23.7. The minimum atomic E-state index is -3.28. The average Bonchev–Trinajstić information content (AvgIpc) is 3.22. The maximum absolute atomic E-state index is 14.2. The van der Waals surface area contributed by atoms with Gasteiger partial charge in [0.1, 0.15) is 12.5 Å². The van der Waals surface area contributed by atoms with E-state index in [1.807, 2.05) is 48.5 Å². The zero-order chi connectivity index (χ0) is 24.5. The number of carboxylic acids is 1. The van der Waals surface area contributed by atoms with Crippen molar-refractivity contribution < 1.29 is 33.0 Å². The summed E-state index contributed by atoms with van der Waals surface area (Å²) in [4.78, 5) is 35.3. The predicted molar refractivity (Wildman–Crippen MR) is 119 cm³/mol. The number of alkyl carbamates (subject to hydrolysis) is 1. The number of fused-ring (bicyclic) bond motifs is 3. The smallest absolute Gasteiger partial charge is 0.407 e. The van der Waals surface area contributed by atoms with Crippen LogP contribution in [0.4, 0.5) is 13.6 Å². The summed E-state index contributed by atoms with van der Waals surface area (Å²) in [5, 5.41) is 13.6. The lowest BCUT2D eigenvalue weighted by Gasteiger charge is -2.15. The van der Waals surface area contributed by atoms with Crippen molar-refractivity contribution in [1.29, 1.82) is 0 Å². The summed E-state index contributed by atoms with van der Waals surface area (Å²) >= 11 is 0. The van der Waals surface area contributed by atoms with Gasteiger partial charge >= 0.3 is 12.1 Å². The van der Waals surface area contributed by atoms with Crippen molar-refractivity contribution in [1.82, 2.24) is 10.6 Å². The predicted octanol–water partition coefficient (Wildman–Crippen LogP) is 3.78. The standard InChI is InChI=1S/C25H26F2N2O5/c1-2-14(11-21(30)31)29-23(32)22-20(25(22,26)27)12-28-24(33)34-13-19-17-9-5-3-7-15(17)16-8-4-6-10-18(16)19/h3-10,14,19-20,22H,2,11-13H2,1H3,(H,28,33)(H,29,32)(H,30,31)/t14-,20?,22?/m0/s1. The molecule has 0 saturated heterocycles. The number of alkyl halides is 2. The lowest BCUT2D eigenvalue weighted by Crippen LogP contribution is -2.38. The first-order chi connectivity index (χ1) is 16.2. The highest BCUT2D eigenvalue weighted by molar-refractivity contribution is 5.84. The van der Waals surface area contributed by atoms with E-state index in [1.165, 1.54) is 0 Å². The van der Waals surface area contributed by atoms with Crippen LogP contribution in [0.5, 0.6) is 0 Å². The molecule has 0 radical (unpaired) electrons. The number of aliphatic carboxylic acids is 1. The van der Waals surface area contributed by atoms with Gasteiger partial charge in [0.15, 0.2) is 0 Å². The third-order valence-corrected chi connectivity index (χ3v) is 6.55. The molecular weight excluding hydrogens is 446 g/mol. The van der Waals surface area contributed by atoms with Crippen LogP contribution < -0.4 is 10.6 Å². The molecule has 2 aromatic rings. The molecule has 1 saturated carbocycles. The molecule has 34 heavy (non-hydrogen) atoms. The maximum atomic E-state index is 14.2. The Bertz CT molecular complexity index is 1060. The molecule has 2 aliphatic carbocycles. The Kier molecular flexibility index (Phi) is 6.54. The monoisotopic (exact) mass is 472 g/mol. The van der Waals surface area contributed by atoms with Gasteiger partial charge in [0.05, 0.1) is 12.3 Å². The van der Waals surface area contributed by atoms with Gasteiger partial charge in [-0.1, -0.05) is 55.5 Å². The summed E-state index contributed by atoms with van der Waals surface area (Å²) in [6.45, 7) is 1.30. The Labute approximate surface area is 195 Å². The molecule has 2 unspecified atom stereocenters. The average molecular weight is 472 g/mol. The van der Waals surface area contributed by atoms with Gasteiger partial charge in [0.2, 0.25) is 5.91 Å². The SMILES string of the molecule is CC[C@@H](CC(=O)O)NC(=O)C1C(CNC(=O)OCC2c3ccccc3-c3ccccc32)C1(F)F. The molecule has 1 fully saturated rings. The molecule has 0 aromatic heterocycles. The molecule has 0 aliphatic heterocycles. The normalized spacial score (nSPS) is 20.6. The first-order valence-corrected chi connectivity index (χ1v) is 11.2. The second-order valence-electron chi connectivity index (χ2n) is 8.68. The number of amides is 2. The summed E-state index contributed by atoms with van der Waals surface area (Å²) in [6, 6.07) is 15.0. The number of benzene rings is 2. The van der Waals surface area contributed by atoms with Crippen LogP contribution >= 0.6 is 0 Å². The lowest BCUT2D eigenvalue weighted by atomic mass is 9.98. The van der Waals surface area contributed by atoms with Crippen molar-refractivity contribution in [2.45, 2.75) is 37.6 Å². The maximum Gasteiger partial charge on any atom is 0.407 e. The number of hydrogen-bond acceptors (Lipinski definition) is 4. The van der Waals surface area contributed by atoms with Crippen LogP contribution in [0.3, 0.4) is 0 Å². The van der Waals surface area contributed by atoms with E-state index < -0.39 is 48.3 Å². The van der Waals surface area contributed by atoms with Crippen molar-refractivity contribution >= 4 is 18.0 Å². The van der Waals surface area contributed by atoms with E-state index in [9.17, 15) is 23.2 Å². The van der Waals surface area contributed by atoms with Gasteiger partial charge in [-0.05, 0) is 28.7 Å². The number of ether oxygens (including phenoxy) is 1. The molecule has 2 amide bonds. The van der Waals surface area contributed by atoms with Gasteiger partial charge in [-0.15, -0.1) is 0 Å². The van der Waals surface area contributed by atoms with Crippen LogP contribution in [0.15, 0.2) is 48.5 Å². The Morgan fingerprint density at radius 2 is 1.65 bits per heavy atom. The molecule has 7 nitrogen and oxygen atoms in total. The molecule has 2 aromatic carbocycles. The Morgan fingerprint density at radius 3 is 2.21 bits per heavy atom. The quantitative estimate of drug-likeness (QED) is 0.515. The van der Waals surface area contributed by atoms with Gasteiger partial charge < -0.3 is 20.5 Å². The van der Waals surface area contributed by atoms with Crippen LogP contribution in [-0.2, 0) is 14.3 Å². The largest absolute Gasteiger partial charge is 0.481 e. The number of carboxylic acid groups (broad SMARTS) is 1. The lowest BCUT2D eigenvalue weighted by molar-refractivity contribution is -0.137. The zero-order valence-electron chi connectivity index (χ0n) is 18.6. The summed E-state index contributed by atoms with van der Waals surface area (Å²) in [7, 11) is 0. The van der Waals surface area contributed by atoms with Crippen molar-refractivity contribution in [3.63, 3.8) is 0 Å². The zero-order valence-corrected chi connectivity index (χ0v) is 18.6. The topological polar surface area (TPSA) is 105 Å². The minimum absolute atomic E-state index is 0.0538. The fraction of sp³-hybridized carbons (Fsp3) is 0.400. The van der Waals surface area contributed by atoms with Crippen LogP contribution in [0.25, 0.3) is 11.1 Å². The Balaban J connectivity index is 1.30. The van der Waals surface area contributed by atoms with E-state index in [2.05, 4.69) is 10.6 Å². The van der Waals surface area contributed by atoms with Crippen LogP contribution in [-0.4, -0.2) is 48.2 Å². The first-order valence-electron chi connectivity index (χ1n) is 11.2. The van der Waals surface area contributed by atoms with E-state index >= 15 is 0 Å². The van der Waals surface area contributed by atoms with Crippen LogP contribution in [0, 0.1) is 11.8 Å². The molecule has 3 N–H and O–H groups in total. The van der Waals surface area contributed by atoms with Gasteiger partial charge in [0, 0.05) is 18.5 Å². The second kappa shape index (κ2) is 9.40. The third kappa shape index (κ3) is 4.60. The highest BCUT2D eigenvalue weighted by Crippen LogP contribution is 2.55. The number of carbonyl (C=O) groups is 3. The number of nitrogens with one attached hydrogen (secondary N) is 2. The molecule has 180 valence electrons. The third-order valence-electron chi connectivity index (χ3n) is 6.55. The summed E-state index contributed by atoms with van der Waals surface area (Å²) in [6.07, 6.45) is -0.872. The van der Waals surface area contributed by atoms with Crippen molar-refractivity contribution in [3.05, 3.63) is 59.7 Å². The summed E-state index contributed by atoms with van der Waals surface area (Å²) in [5.41, 5.74) is 4.22. The fourth-order valence-corrected chi connectivity index (χ4v) is 4.64. The number of carbonyl (C=O) groups excluding carboxylic acids is 2. The van der Waals surface area contributed by atoms with Gasteiger partial charge in [0.25, 0.3) is 5.92 Å². The van der Waals surface area contributed by atoms with Gasteiger partial charge in [-0.2, -0.15) is 0 Å². The molecule has 2 aliphatic rings. The van der Waals surface area contributed by atoms with Crippen LogP contribution in [0.1, 0.15) is 36.8 Å². The molecule has 0 heterocycles. The summed E-state index contributed by atoms with van der Waals surface area (Å²) < 4.78 is 33.7. The second-order valence-corrected chi connectivity index (χ2v) is 8.68. The van der Waals surface area contributed by atoms with E-state index in [0.29, 0.717) is 6.42 Å². The molecule has 0 spiro atoms. The molecule has 9 heteroatoms. The van der Waals surface area contributed by atoms with Crippen molar-refractivity contribution in [2.24, 2.45) is 11.8 Å². The molecule has 0 bridgehead atoms. The van der Waals surface area contributed by atoms with E-state index in [1.54, 1.807) is 6.92 Å². The van der Waals surface area contributed by atoms with Gasteiger partial charge in [-0.3, -0.25) is 9.59 Å². The highest BCUT2D eigenvalue weighted by Gasteiger charge is 2.71. The molecular formula is C25H26F2N2O5. The fourth-order valence-electron chi connectivity index (χ4n) is 4.64. The van der Waals surface area contributed by atoms with Crippen LogP contribution in [0.2, 0.25) is 0 Å². The van der Waals surface area contributed by atoms with E-state index in [-0.39, 0.29) is 18.9 Å². The highest BCUT2D eigenvalue weighted by atomic mass is 19.3. The summed E-state index contributed by atoms with van der Waals surface area (Å²) in [5.74, 6) is -8.43. The number of halogens is 2. The molecule has 4 rings (SSSR count). The van der Waals surface area contributed by atoms with Gasteiger partial charge in [-0.25, -0.2) is 13.6 Å².